The molecule has 1 fully saturated rings. The third-order valence-corrected chi connectivity index (χ3v) is 4.36. The maximum absolute atomic E-state index is 11.9. The Kier molecular flexibility index (Phi) is 6.07. The minimum Gasteiger partial charge on any atom is -0.466 e. The molecule has 1 aromatic rings. The number of nitrogens with one attached hydrogen (secondary N) is 1. The summed E-state index contributed by atoms with van der Waals surface area (Å²) in [5.74, 6) is 0.00201. The molecule has 2 rings (SSSR count). The van der Waals surface area contributed by atoms with Gasteiger partial charge < -0.3 is 10.1 Å². The molecule has 0 radical (unpaired) electrons. The molecule has 3 atom stereocenters. The normalized spacial score (nSPS) is 23.6. The van der Waals surface area contributed by atoms with Gasteiger partial charge in [0.2, 0.25) is 0 Å². The summed E-state index contributed by atoms with van der Waals surface area (Å²) in [7, 11) is 0. The first-order valence-electron chi connectivity index (χ1n) is 7.78. The van der Waals surface area contributed by atoms with E-state index >= 15 is 0 Å². The van der Waals surface area contributed by atoms with Crippen molar-refractivity contribution in [3.63, 3.8) is 0 Å². The largest absolute Gasteiger partial charge is 0.466 e. The summed E-state index contributed by atoms with van der Waals surface area (Å²) in [5, 5.41) is 4.38. The van der Waals surface area contributed by atoms with Crippen LogP contribution in [0.3, 0.4) is 0 Å². The Hall–Kier alpha value is -1.06. The Morgan fingerprint density at radius 3 is 3.00 bits per heavy atom. The second-order valence-electron chi connectivity index (χ2n) is 5.76. The van der Waals surface area contributed by atoms with Gasteiger partial charge in [-0.25, -0.2) is 0 Å². The highest BCUT2D eigenvalue weighted by molar-refractivity contribution is 6.30. The predicted molar refractivity (Wildman–Crippen MR) is 85.4 cm³/mol. The van der Waals surface area contributed by atoms with Gasteiger partial charge in [0.1, 0.15) is 0 Å². The van der Waals surface area contributed by atoms with E-state index in [1.807, 2.05) is 25.1 Å². The second kappa shape index (κ2) is 7.81. The van der Waals surface area contributed by atoms with E-state index in [4.69, 9.17) is 16.3 Å². The number of carbonyl (C=O) groups excluding carboxylic acids is 1. The fourth-order valence-electron chi connectivity index (χ4n) is 3.04. The zero-order valence-corrected chi connectivity index (χ0v) is 13.5. The summed E-state index contributed by atoms with van der Waals surface area (Å²) in [6, 6.07) is 8.52. The van der Waals surface area contributed by atoms with Crippen LogP contribution in [0.2, 0.25) is 5.02 Å². The lowest BCUT2D eigenvalue weighted by Crippen LogP contribution is -2.38. The van der Waals surface area contributed by atoms with E-state index in [0.29, 0.717) is 12.6 Å². The lowest BCUT2D eigenvalue weighted by Gasteiger charge is -2.31. The van der Waals surface area contributed by atoms with Gasteiger partial charge >= 0.3 is 5.97 Å². The summed E-state index contributed by atoms with van der Waals surface area (Å²) in [6.07, 6.45) is 4.00. The van der Waals surface area contributed by atoms with Crippen LogP contribution >= 0.6 is 11.6 Å². The fraction of sp³-hybridized carbons (Fsp3) is 0.588. The predicted octanol–water partition coefficient (Wildman–Crippen LogP) is 4.11. The van der Waals surface area contributed by atoms with Gasteiger partial charge in [0, 0.05) is 17.1 Å². The molecular formula is C17H24ClNO2. The molecule has 21 heavy (non-hydrogen) atoms. The highest BCUT2D eigenvalue weighted by atomic mass is 35.5. The monoisotopic (exact) mass is 309 g/mol. The molecule has 1 aliphatic rings. The number of hydrogen-bond donors (Lipinski definition) is 1. The number of esters is 1. The van der Waals surface area contributed by atoms with Crippen LogP contribution in [-0.2, 0) is 9.53 Å². The van der Waals surface area contributed by atoms with E-state index in [9.17, 15) is 4.79 Å². The standard InChI is InChI=1S/C17H24ClNO2/c1-3-21-17(20)14-7-5-9-16(11-14)19-12(2)13-6-4-8-15(18)10-13/h4,6,8,10,12,14,16,19H,3,5,7,9,11H2,1-2H3/t12-,14?,16?/m1/s1. The van der Waals surface area contributed by atoms with Crippen LogP contribution in [-0.4, -0.2) is 18.6 Å². The van der Waals surface area contributed by atoms with E-state index in [1.165, 1.54) is 5.56 Å². The van der Waals surface area contributed by atoms with E-state index < -0.39 is 0 Å². The third kappa shape index (κ3) is 4.72. The summed E-state index contributed by atoms with van der Waals surface area (Å²) in [4.78, 5) is 11.9. The molecule has 3 nitrogen and oxygen atoms in total. The Morgan fingerprint density at radius 2 is 2.29 bits per heavy atom. The van der Waals surface area contributed by atoms with Crippen molar-refractivity contribution in [1.82, 2.24) is 5.32 Å². The molecule has 0 saturated heterocycles. The smallest absolute Gasteiger partial charge is 0.308 e. The molecule has 1 saturated carbocycles. The Balaban J connectivity index is 1.91. The van der Waals surface area contributed by atoms with Gasteiger partial charge in [0.25, 0.3) is 0 Å². The summed E-state index contributed by atoms with van der Waals surface area (Å²) in [5.41, 5.74) is 1.18. The molecule has 0 bridgehead atoms. The lowest BCUT2D eigenvalue weighted by atomic mass is 9.85. The van der Waals surface area contributed by atoms with Crippen LogP contribution in [0.4, 0.5) is 0 Å². The average Bonchev–Trinajstić information content (AvgIpc) is 2.48. The van der Waals surface area contributed by atoms with Crippen LogP contribution in [0.5, 0.6) is 0 Å². The van der Waals surface area contributed by atoms with Crippen LogP contribution < -0.4 is 5.32 Å². The maximum atomic E-state index is 11.9. The summed E-state index contributed by atoms with van der Waals surface area (Å²) < 4.78 is 5.15. The third-order valence-electron chi connectivity index (χ3n) is 4.13. The molecule has 0 aliphatic heterocycles. The number of hydrogen-bond acceptors (Lipinski definition) is 3. The SMILES string of the molecule is CCOC(=O)C1CCCC(N[C@H](C)c2cccc(Cl)c2)C1. The van der Waals surface area contributed by atoms with Crippen molar-refractivity contribution in [3.8, 4) is 0 Å². The first-order chi connectivity index (χ1) is 10.1. The van der Waals surface area contributed by atoms with Crippen LogP contribution in [0, 0.1) is 5.92 Å². The van der Waals surface area contributed by atoms with Gasteiger partial charge in [-0.2, -0.15) is 0 Å². The Labute approximate surface area is 132 Å². The fourth-order valence-corrected chi connectivity index (χ4v) is 3.24. The molecule has 1 N–H and O–H groups in total. The molecule has 0 aromatic heterocycles. The molecular weight excluding hydrogens is 286 g/mol. The first-order valence-corrected chi connectivity index (χ1v) is 8.16. The van der Waals surface area contributed by atoms with E-state index in [0.717, 1.165) is 30.7 Å². The van der Waals surface area contributed by atoms with Gasteiger partial charge in [0.15, 0.2) is 0 Å². The van der Waals surface area contributed by atoms with E-state index in [-0.39, 0.29) is 17.9 Å². The van der Waals surface area contributed by atoms with Crippen molar-refractivity contribution in [2.75, 3.05) is 6.61 Å². The Bertz CT molecular complexity index is 478. The molecule has 0 amide bonds. The molecule has 4 heteroatoms. The zero-order valence-electron chi connectivity index (χ0n) is 12.8. The highest BCUT2D eigenvalue weighted by Crippen LogP contribution is 2.27. The minimum atomic E-state index is -0.0422. The Morgan fingerprint density at radius 1 is 1.48 bits per heavy atom. The molecule has 2 unspecified atom stereocenters. The molecule has 0 heterocycles. The van der Waals surface area contributed by atoms with Crippen molar-refractivity contribution in [2.24, 2.45) is 5.92 Å². The van der Waals surface area contributed by atoms with Gasteiger partial charge in [0.05, 0.1) is 12.5 Å². The van der Waals surface area contributed by atoms with E-state index in [1.54, 1.807) is 0 Å². The number of ether oxygens (including phenoxy) is 1. The van der Waals surface area contributed by atoms with Crippen LogP contribution in [0.1, 0.15) is 51.1 Å². The number of carbonyl (C=O) groups is 1. The summed E-state index contributed by atoms with van der Waals surface area (Å²) >= 11 is 6.04. The molecule has 1 aliphatic carbocycles. The number of benzene rings is 1. The van der Waals surface area contributed by atoms with Gasteiger partial charge in [-0.05, 0) is 50.8 Å². The molecule has 116 valence electrons. The zero-order chi connectivity index (χ0) is 15.2. The number of halogens is 1. The highest BCUT2D eigenvalue weighted by Gasteiger charge is 2.28. The van der Waals surface area contributed by atoms with Crippen LogP contribution in [0.15, 0.2) is 24.3 Å². The maximum Gasteiger partial charge on any atom is 0.308 e. The summed E-state index contributed by atoms with van der Waals surface area (Å²) in [6.45, 7) is 4.46. The topological polar surface area (TPSA) is 38.3 Å². The first kappa shape index (κ1) is 16.3. The molecule has 1 aromatic carbocycles. The van der Waals surface area contributed by atoms with Crippen molar-refractivity contribution in [1.29, 1.82) is 0 Å². The van der Waals surface area contributed by atoms with Crippen molar-refractivity contribution in [3.05, 3.63) is 34.9 Å². The van der Waals surface area contributed by atoms with Gasteiger partial charge in [-0.3, -0.25) is 4.79 Å². The van der Waals surface area contributed by atoms with Crippen molar-refractivity contribution >= 4 is 17.6 Å². The van der Waals surface area contributed by atoms with E-state index in [2.05, 4.69) is 18.3 Å². The van der Waals surface area contributed by atoms with Gasteiger partial charge in [-0.1, -0.05) is 30.2 Å². The van der Waals surface area contributed by atoms with Crippen molar-refractivity contribution < 1.29 is 9.53 Å². The number of rotatable bonds is 5. The second-order valence-corrected chi connectivity index (χ2v) is 6.19. The minimum absolute atomic E-state index is 0.0422. The average molecular weight is 310 g/mol. The quantitative estimate of drug-likeness (QED) is 0.832. The molecule has 0 spiro atoms. The van der Waals surface area contributed by atoms with Gasteiger partial charge in [-0.15, -0.1) is 0 Å². The lowest BCUT2D eigenvalue weighted by molar-refractivity contribution is -0.149. The van der Waals surface area contributed by atoms with Crippen LogP contribution in [0.25, 0.3) is 0 Å². The van der Waals surface area contributed by atoms with Crippen molar-refractivity contribution in [2.45, 2.75) is 51.6 Å².